The van der Waals surface area contributed by atoms with Crippen LogP contribution in [0.3, 0.4) is 0 Å². The number of carbonyl (C=O) groups is 2. The van der Waals surface area contributed by atoms with Gasteiger partial charge in [-0.3, -0.25) is 9.48 Å². The molecule has 0 unspecified atom stereocenters. The van der Waals surface area contributed by atoms with Gasteiger partial charge in [0.25, 0.3) is 0 Å². The minimum atomic E-state index is -0.569. The monoisotopic (exact) mass is 238 g/mol. The Bertz CT molecular complexity index is 427. The van der Waals surface area contributed by atoms with E-state index >= 15 is 0 Å². The number of aldehydes is 1. The molecule has 0 aliphatic rings. The Kier molecular flexibility index (Phi) is 3.70. The van der Waals surface area contributed by atoms with Gasteiger partial charge in [0.1, 0.15) is 11.3 Å². The van der Waals surface area contributed by atoms with Crippen molar-refractivity contribution >= 4 is 12.3 Å². The largest absolute Gasteiger partial charge is 0.455 e. The molecule has 0 aromatic carbocycles. The molecule has 0 N–H and O–H groups in total. The van der Waals surface area contributed by atoms with E-state index in [9.17, 15) is 9.59 Å². The van der Waals surface area contributed by atoms with Gasteiger partial charge in [0.2, 0.25) is 0 Å². The lowest BCUT2D eigenvalue weighted by atomic mass is 10.2. The van der Waals surface area contributed by atoms with Gasteiger partial charge in [-0.1, -0.05) is 0 Å². The first-order valence-corrected chi connectivity index (χ1v) is 5.52. The fraction of sp³-hybridized carbons (Fsp3) is 0.583. The van der Waals surface area contributed by atoms with Crippen molar-refractivity contribution in [2.75, 3.05) is 0 Å². The highest BCUT2D eigenvalue weighted by Crippen LogP contribution is 2.14. The molecule has 0 amide bonds. The highest BCUT2D eigenvalue weighted by atomic mass is 16.6. The molecule has 17 heavy (non-hydrogen) atoms. The zero-order valence-electron chi connectivity index (χ0n) is 10.9. The van der Waals surface area contributed by atoms with Crippen molar-refractivity contribution in [3.63, 3.8) is 0 Å². The quantitative estimate of drug-likeness (QED) is 0.598. The third-order valence-corrected chi connectivity index (χ3v) is 1.98. The number of ether oxygens (including phenoxy) is 1. The van der Waals surface area contributed by atoms with E-state index in [4.69, 9.17) is 4.74 Å². The molecule has 1 rings (SSSR count). The smallest absolute Gasteiger partial charge is 0.359 e. The first kappa shape index (κ1) is 13.4. The van der Waals surface area contributed by atoms with Gasteiger partial charge in [-0.25, -0.2) is 4.79 Å². The van der Waals surface area contributed by atoms with Crippen molar-refractivity contribution in [3.8, 4) is 0 Å². The normalized spacial score (nSPS) is 11.6. The van der Waals surface area contributed by atoms with Crippen LogP contribution in [-0.2, 0) is 4.74 Å². The van der Waals surface area contributed by atoms with E-state index in [1.165, 1.54) is 10.7 Å². The van der Waals surface area contributed by atoms with E-state index < -0.39 is 11.6 Å². The number of rotatable bonds is 3. The Morgan fingerprint density at radius 2 is 2.06 bits per heavy atom. The van der Waals surface area contributed by atoms with E-state index in [1.54, 1.807) is 20.8 Å². The molecule has 1 aromatic heterocycles. The Hall–Kier alpha value is -1.65. The molecule has 0 spiro atoms. The van der Waals surface area contributed by atoms with E-state index in [0.29, 0.717) is 12.0 Å². The Morgan fingerprint density at radius 3 is 2.41 bits per heavy atom. The van der Waals surface area contributed by atoms with Gasteiger partial charge in [0.05, 0.1) is 0 Å². The minimum absolute atomic E-state index is 0.0198. The predicted molar refractivity (Wildman–Crippen MR) is 63.2 cm³/mol. The summed E-state index contributed by atoms with van der Waals surface area (Å²) in [6, 6.07) is 1.47. The summed E-state index contributed by atoms with van der Waals surface area (Å²) < 4.78 is 6.69. The predicted octanol–water partition coefficient (Wildman–Crippen LogP) is 2.23. The molecule has 1 aromatic rings. The molecule has 0 radical (unpaired) electrons. The van der Waals surface area contributed by atoms with Gasteiger partial charge in [-0.2, -0.15) is 5.10 Å². The number of hydrogen-bond donors (Lipinski definition) is 0. The Labute approximate surface area is 101 Å². The summed E-state index contributed by atoms with van der Waals surface area (Å²) in [6.07, 6.45) is 0.681. The SMILES string of the molecule is CC(C)n1nc(C(=O)OC(C)(C)C)cc1C=O. The van der Waals surface area contributed by atoms with Gasteiger partial charge in [-0.05, 0) is 34.6 Å². The van der Waals surface area contributed by atoms with Gasteiger partial charge >= 0.3 is 5.97 Å². The number of esters is 1. The zero-order valence-corrected chi connectivity index (χ0v) is 10.9. The molecular formula is C12H18N2O3. The topological polar surface area (TPSA) is 61.2 Å². The molecular weight excluding hydrogens is 220 g/mol. The lowest BCUT2D eigenvalue weighted by Gasteiger charge is -2.18. The first-order valence-electron chi connectivity index (χ1n) is 5.52. The second-order valence-corrected chi connectivity index (χ2v) is 5.11. The molecule has 94 valence electrons. The highest BCUT2D eigenvalue weighted by molar-refractivity contribution is 5.89. The van der Waals surface area contributed by atoms with Crippen LogP contribution < -0.4 is 0 Å². The minimum Gasteiger partial charge on any atom is -0.455 e. The van der Waals surface area contributed by atoms with Crippen LogP contribution in [0.5, 0.6) is 0 Å². The van der Waals surface area contributed by atoms with Crippen LogP contribution >= 0.6 is 0 Å². The molecule has 0 aliphatic heterocycles. The van der Waals surface area contributed by atoms with Crippen LogP contribution in [-0.4, -0.2) is 27.6 Å². The van der Waals surface area contributed by atoms with Crippen molar-refractivity contribution in [2.24, 2.45) is 0 Å². The lowest BCUT2D eigenvalue weighted by Crippen LogP contribution is -2.24. The van der Waals surface area contributed by atoms with Crippen molar-refractivity contribution < 1.29 is 14.3 Å². The van der Waals surface area contributed by atoms with Crippen LogP contribution in [0.15, 0.2) is 6.07 Å². The molecule has 0 aliphatic carbocycles. The van der Waals surface area contributed by atoms with Gasteiger partial charge in [0.15, 0.2) is 12.0 Å². The zero-order chi connectivity index (χ0) is 13.2. The average Bonchev–Trinajstić information content (AvgIpc) is 2.58. The maximum absolute atomic E-state index is 11.8. The Balaban J connectivity index is 3.00. The standard InChI is InChI=1S/C12H18N2O3/c1-8(2)14-9(7-15)6-10(13-14)11(16)17-12(3,4)5/h6-8H,1-5H3. The van der Waals surface area contributed by atoms with Gasteiger partial charge < -0.3 is 4.74 Å². The summed E-state index contributed by atoms with van der Waals surface area (Å²) in [5.74, 6) is -0.514. The van der Waals surface area contributed by atoms with Gasteiger partial charge in [0, 0.05) is 12.1 Å². The molecule has 1 heterocycles. The first-order chi connectivity index (χ1) is 7.74. The Morgan fingerprint density at radius 1 is 1.47 bits per heavy atom. The fourth-order valence-electron chi connectivity index (χ4n) is 1.34. The van der Waals surface area contributed by atoms with Crippen LogP contribution in [0.25, 0.3) is 0 Å². The molecule has 5 nitrogen and oxygen atoms in total. The number of hydrogen-bond acceptors (Lipinski definition) is 4. The number of nitrogens with zero attached hydrogens (tertiary/aromatic N) is 2. The molecule has 0 saturated carbocycles. The van der Waals surface area contributed by atoms with Crippen molar-refractivity contribution in [1.29, 1.82) is 0 Å². The summed E-state index contributed by atoms with van der Waals surface area (Å²) >= 11 is 0. The van der Waals surface area contributed by atoms with Crippen molar-refractivity contribution in [1.82, 2.24) is 9.78 Å². The molecule has 0 bridgehead atoms. The van der Waals surface area contributed by atoms with Crippen LogP contribution in [0.2, 0.25) is 0 Å². The third kappa shape index (κ3) is 3.41. The van der Waals surface area contributed by atoms with Crippen LogP contribution in [0, 0.1) is 0 Å². The van der Waals surface area contributed by atoms with Gasteiger partial charge in [-0.15, -0.1) is 0 Å². The van der Waals surface area contributed by atoms with Crippen LogP contribution in [0.1, 0.15) is 61.6 Å². The van der Waals surface area contributed by atoms with Crippen molar-refractivity contribution in [3.05, 3.63) is 17.5 Å². The number of carbonyl (C=O) groups excluding carboxylic acids is 2. The third-order valence-electron chi connectivity index (χ3n) is 1.98. The van der Waals surface area contributed by atoms with E-state index in [-0.39, 0.29) is 11.7 Å². The molecule has 0 atom stereocenters. The highest BCUT2D eigenvalue weighted by Gasteiger charge is 2.22. The summed E-state index contributed by atoms with van der Waals surface area (Å²) in [7, 11) is 0. The molecule has 0 saturated heterocycles. The summed E-state index contributed by atoms with van der Waals surface area (Å²) in [5, 5.41) is 4.08. The lowest BCUT2D eigenvalue weighted by molar-refractivity contribution is 0.00617. The second-order valence-electron chi connectivity index (χ2n) is 5.11. The summed E-state index contributed by atoms with van der Waals surface area (Å²) in [5.41, 5.74) is -0.0309. The average molecular weight is 238 g/mol. The van der Waals surface area contributed by atoms with E-state index in [2.05, 4.69) is 5.10 Å². The number of aromatic nitrogens is 2. The fourth-order valence-corrected chi connectivity index (χ4v) is 1.34. The second kappa shape index (κ2) is 4.69. The van der Waals surface area contributed by atoms with E-state index in [0.717, 1.165) is 0 Å². The molecule has 5 heteroatoms. The maximum Gasteiger partial charge on any atom is 0.359 e. The maximum atomic E-state index is 11.8. The summed E-state index contributed by atoms with van der Waals surface area (Å²) in [4.78, 5) is 22.6. The summed E-state index contributed by atoms with van der Waals surface area (Å²) in [6.45, 7) is 9.12. The van der Waals surface area contributed by atoms with Crippen LogP contribution in [0.4, 0.5) is 0 Å². The van der Waals surface area contributed by atoms with E-state index in [1.807, 2.05) is 13.8 Å². The van der Waals surface area contributed by atoms with Crippen molar-refractivity contribution in [2.45, 2.75) is 46.3 Å². The molecule has 0 fully saturated rings.